The lowest BCUT2D eigenvalue weighted by atomic mass is 10.1. The van der Waals surface area contributed by atoms with Gasteiger partial charge in [0, 0.05) is 18.8 Å². The maximum Gasteiger partial charge on any atom is 0.0431 e. The fraction of sp³-hybridized carbons (Fsp3) is 0.294. The van der Waals surface area contributed by atoms with E-state index < -0.39 is 0 Å². The summed E-state index contributed by atoms with van der Waals surface area (Å²) in [5.41, 5.74) is 3.65. The van der Waals surface area contributed by atoms with Gasteiger partial charge >= 0.3 is 0 Å². The van der Waals surface area contributed by atoms with Crippen molar-refractivity contribution in [3.63, 3.8) is 0 Å². The number of unbranched alkanes of at least 4 members (excludes halogenated alkanes) is 2. The summed E-state index contributed by atoms with van der Waals surface area (Å²) in [6, 6.07) is 18.9. The molecule has 0 aliphatic rings. The summed E-state index contributed by atoms with van der Waals surface area (Å²) < 4.78 is 0. The van der Waals surface area contributed by atoms with Gasteiger partial charge in [-0.1, -0.05) is 42.5 Å². The lowest BCUT2D eigenvalue weighted by molar-refractivity contribution is 0.283. The number of nitrogens with one attached hydrogen (secondary N) is 1. The molecule has 19 heavy (non-hydrogen) atoms. The van der Waals surface area contributed by atoms with Crippen LogP contribution in [0.4, 0.5) is 5.69 Å². The van der Waals surface area contributed by atoms with E-state index in [0.717, 1.165) is 31.5 Å². The molecule has 0 saturated carbocycles. The van der Waals surface area contributed by atoms with Crippen molar-refractivity contribution in [1.82, 2.24) is 0 Å². The van der Waals surface area contributed by atoms with E-state index in [4.69, 9.17) is 5.11 Å². The second kappa shape index (κ2) is 7.59. The topological polar surface area (TPSA) is 32.3 Å². The fourth-order valence-corrected chi connectivity index (χ4v) is 2.06. The summed E-state index contributed by atoms with van der Waals surface area (Å²) in [7, 11) is 0. The van der Waals surface area contributed by atoms with Crippen molar-refractivity contribution in [2.75, 3.05) is 18.5 Å². The van der Waals surface area contributed by atoms with Crippen molar-refractivity contribution in [3.8, 4) is 11.1 Å². The highest BCUT2D eigenvalue weighted by molar-refractivity contribution is 5.65. The molecule has 0 aromatic heterocycles. The Hall–Kier alpha value is -1.80. The summed E-state index contributed by atoms with van der Waals surface area (Å²) >= 11 is 0. The molecule has 2 aromatic rings. The van der Waals surface area contributed by atoms with Crippen molar-refractivity contribution >= 4 is 5.69 Å². The zero-order valence-electron chi connectivity index (χ0n) is 11.2. The maximum atomic E-state index is 8.70. The molecular weight excluding hydrogens is 234 g/mol. The lowest BCUT2D eigenvalue weighted by Crippen LogP contribution is -2.01. The van der Waals surface area contributed by atoms with Crippen LogP contribution in [0.2, 0.25) is 0 Å². The molecule has 0 radical (unpaired) electrons. The molecule has 2 N–H and O–H groups in total. The van der Waals surface area contributed by atoms with Crippen molar-refractivity contribution < 1.29 is 5.11 Å². The SMILES string of the molecule is OCCCCCNc1ccc(-c2ccccc2)cc1. The Morgan fingerprint density at radius 1 is 0.737 bits per heavy atom. The Kier molecular flexibility index (Phi) is 5.45. The number of hydrogen-bond donors (Lipinski definition) is 2. The predicted molar refractivity (Wildman–Crippen MR) is 81.3 cm³/mol. The second-order valence-corrected chi connectivity index (χ2v) is 4.65. The average Bonchev–Trinajstić information content (AvgIpc) is 2.49. The molecular formula is C17H21NO. The van der Waals surface area contributed by atoms with Crippen molar-refractivity contribution in [2.24, 2.45) is 0 Å². The first-order chi connectivity index (χ1) is 9.40. The molecule has 2 nitrogen and oxygen atoms in total. The van der Waals surface area contributed by atoms with Gasteiger partial charge in [-0.2, -0.15) is 0 Å². The van der Waals surface area contributed by atoms with Gasteiger partial charge < -0.3 is 10.4 Å². The van der Waals surface area contributed by atoms with E-state index in [2.05, 4.69) is 53.8 Å². The summed E-state index contributed by atoms with van der Waals surface area (Å²) in [5.74, 6) is 0. The molecule has 0 atom stereocenters. The van der Waals surface area contributed by atoms with Crippen LogP contribution in [0.3, 0.4) is 0 Å². The molecule has 0 fully saturated rings. The first-order valence-corrected chi connectivity index (χ1v) is 6.90. The Morgan fingerprint density at radius 2 is 1.42 bits per heavy atom. The first-order valence-electron chi connectivity index (χ1n) is 6.90. The monoisotopic (exact) mass is 255 g/mol. The number of aliphatic hydroxyl groups excluding tert-OH is 1. The van der Waals surface area contributed by atoms with E-state index in [-0.39, 0.29) is 0 Å². The molecule has 100 valence electrons. The van der Waals surface area contributed by atoms with E-state index >= 15 is 0 Å². The Bertz CT molecular complexity index is 464. The van der Waals surface area contributed by atoms with E-state index in [0.29, 0.717) is 6.61 Å². The first kappa shape index (κ1) is 13.6. The zero-order valence-corrected chi connectivity index (χ0v) is 11.2. The van der Waals surface area contributed by atoms with Crippen LogP contribution in [0.25, 0.3) is 11.1 Å². The fourth-order valence-electron chi connectivity index (χ4n) is 2.06. The zero-order chi connectivity index (χ0) is 13.3. The molecule has 0 saturated heterocycles. The highest BCUT2D eigenvalue weighted by Gasteiger charge is 1.97. The van der Waals surface area contributed by atoms with Crippen LogP contribution in [-0.2, 0) is 0 Å². The van der Waals surface area contributed by atoms with Gasteiger partial charge in [-0.05, 0) is 42.5 Å². The molecule has 0 aliphatic heterocycles. The molecule has 0 bridgehead atoms. The Morgan fingerprint density at radius 3 is 2.11 bits per heavy atom. The van der Waals surface area contributed by atoms with Crippen molar-refractivity contribution in [2.45, 2.75) is 19.3 Å². The number of benzene rings is 2. The van der Waals surface area contributed by atoms with Crippen LogP contribution in [0, 0.1) is 0 Å². The minimum absolute atomic E-state index is 0.297. The standard InChI is InChI=1S/C17H21NO/c19-14-6-2-5-13-18-17-11-9-16(10-12-17)15-7-3-1-4-8-15/h1,3-4,7-12,18-19H,2,5-6,13-14H2. The van der Waals surface area contributed by atoms with Crippen LogP contribution in [-0.4, -0.2) is 18.3 Å². The Labute approximate surface area is 115 Å². The van der Waals surface area contributed by atoms with E-state index in [1.165, 1.54) is 11.1 Å². The third-order valence-electron chi connectivity index (χ3n) is 3.16. The Balaban J connectivity index is 1.85. The average molecular weight is 255 g/mol. The van der Waals surface area contributed by atoms with Gasteiger partial charge in [0.25, 0.3) is 0 Å². The summed E-state index contributed by atoms with van der Waals surface area (Å²) in [4.78, 5) is 0. The number of rotatable bonds is 7. The van der Waals surface area contributed by atoms with Crippen LogP contribution in [0.15, 0.2) is 54.6 Å². The maximum absolute atomic E-state index is 8.70. The summed E-state index contributed by atoms with van der Waals surface area (Å²) in [6.07, 6.45) is 3.07. The second-order valence-electron chi connectivity index (χ2n) is 4.65. The van der Waals surface area contributed by atoms with E-state index in [1.807, 2.05) is 6.07 Å². The molecule has 0 unspecified atom stereocenters. The van der Waals surface area contributed by atoms with E-state index in [1.54, 1.807) is 0 Å². The lowest BCUT2D eigenvalue weighted by Gasteiger charge is -2.07. The van der Waals surface area contributed by atoms with Crippen LogP contribution >= 0.6 is 0 Å². The number of hydrogen-bond acceptors (Lipinski definition) is 2. The normalized spacial score (nSPS) is 10.4. The predicted octanol–water partition coefficient (Wildman–Crippen LogP) is 3.93. The van der Waals surface area contributed by atoms with Crippen molar-refractivity contribution in [1.29, 1.82) is 0 Å². The minimum Gasteiger partial charge on any atom is -0.396 e. The molecule has 2 rings (SSSR count). The number of anilines is 1. The van der Waals surface area contributed by atoms with Gasteiger partial charge in [0.1, 0.15) is 0 Å². The van der Waals surface area contributed by atoms with Crippen molar-refractivity contribution in [3.05, 3.63) is 54.6 Å². The quantitative estimate of drug-likeness (QED) is 0.735. The largest absolute Gasteiger partial charge is 0.396 e. The molecule has 0 spiro atoms. The van der Waals surface area contributed by atoms with Gasteiger partial charge in [-0.15, -0.1) is 0 Å². The molecule has 0 amide bonds. The van der Waals surface area contributed by atoms with Crippen LogP contribution in [0.5, 0.6) is 0 Å². The van der Waals surface area contributed by atoms with Gasteiger partial charge in [0.2, 0.25) is 0 Å². The molecule has 0 heterocycles. The molecule has 2 heteroatoms. The van der Waals surface area contributed by atoms with Gasteiger partial charge in [0.05, 0.1) is 0 Å². The summed E-state index contributed by atoms with van der Waals surface area (Å²) in [6.45, 7) is 1.26. The third kappa shape index (κ3) is 4.42. The van der Waals surface area contributed by atoms with Gasteiger partial charge in [-0.3, -0.25) is 0 Å². The highest BCUT2D eigenvalue weighted by atomic mass is 16.2. The van der Waals surface area contributed by atoms with Crippen LogP contribution in [0.1, 0.15) is 19.3 Å². The van der Waals surface area contributed by atoms with Gasteiger partial charge in [-0.25, -0.2) is 0 Å². The van der Waals surface area contributed by atoms with E-state index in [9.17, 15) is 0 Å². The molecule has 0 aliphatic carbocycles. The minimum atomic E-state index is 0.297. The highest BCUT2D eigenvalue weighted by Crippen LogP contribution is 2.20. The summed E-state index contributed by atoms with van der Waals surface area (Å²) in [5, 5.41) is 12.1. The third-order valence-corrected chi connectivity index (χ3v) is 3.16. The van der Waals surface area contributed by atoms with Gasteiger partial charge in [0.15, 0.2) is 0 Å². The van der Waals surface area contributed by atoms with Crippen LogP contribution < -0.4 is 5.32 Å². The number of aliphatic hydroxyl groups is 1. The smallest absolute Gasteiger partial charge is 0.0431 e. The molecule has 2 aromatic carbocycles.